The lowest BCUT2D eigenvalue weighted by Crippen LogP contribution is -2.21. The smallest absolute Gasteiger partial charge is 0.154 e. The lowest BCUT2D eigenvalue weighted by Gasteiger charge is -2.02. The predicted octanol–water partition coefficient (Wildman–Crippen LogP) is 2.45. The molecule has 1 aromatic heterocycles. The van der Waals surface area contributed by atoms with E-state index in [4.69, 9.17) is 0 Å². The zero-order valence-corrected chi connectivity index (χ0v) is 12.0. The number of pyridine rings is 1. The first kappa shape index (κ1) is 16.2. The van der Waals surface area contributed by atoms with Crippen LogP contribution in [0.5, 0.6) is 0 Å². The molecule has 4 nitrogen and oxygen atoms in total. The molecule has 0 aliphatic heterocycles. The fourth-order valence-corrected chi connectivity index (χ4v) is 1.10. The van der Waals surface area contributed by atoms with Crippen LogP contribution in [0.3, 0.4) is 0 Å². The number of aryl methyl sites for hydroxylation is 1. The molecule has 1 aromatic rings. The van der Waals surface area contributed by atoms with Crippen LogP contribution in [0.1, 0.15) is 27.7 Å². The van der Waals surface area contributed by atoms with Crippen molar-refractivity contribution in [2.24, 2.45) is 17.3 Å². The van der Waals surface area contributed by atoms with E-state index in [9.17, 15) is 0 Å². The van der Waals surface area contributed by atoms with Gasteiger partial charge in [-0.05, 0) is 32.2 Å². The van der Waals surface area contributed by atoms with Gasteiger partial charge in [0.2, 0.25) is 0 Å². The van der Waals surface area contributed by atoms with Crippen molar-refractivity contribution in [2.75, 3.05) is 0 Å². The Balaban J connectivity index is 0.00000137. The Morgan fingerprint density at radius 2 is 2.06 bits per heavy atom. The summed E-state index contributed by atoms with van der Waals surface area (Å²) >= 11 is 0. The minimum Gasteiger partial charge on any atom is -0.384 e. The van der Waals surface area contributed by atoms with Crippen molar-refractivity contribution in [2.45, 2.75) is 33.7 Å². The number of hydrogen-bond donors (Lipinski definition) is 1. The Bertz CT molecular complexity index is 429. The van der Waals surface area contributed by atoms with Crippen molar-refractivity contribution < 1.29 is 0 Å². The predicted molar refractivity (Wildman–Crippen MR) is 78.2 cm³/mol. The summed E-state index contributed by atoms with van der Waals surface area (Å²) in [6.07, 6.45) is 7.54. The van der Waals surface area contributed by atoms with E-state index in [1.807, 2.05) is 76.0 Å². The Morgan fingerprint density at radius 3 is 2.67 bits per heavy atom. The highest BCUT2D eigenvalue weighted by molar-refractivity contribution is 5.63. The number of hydrogen-bond acceptors (Lipinski definition) is 3. The molecular weight excluding hydrogens is 224 g/mol. The van der Waals surface area contributed by atoms with Gasteiger partial charge in [0.1, 0.15) is 0 Å². The van der Waals surface area contributed by atoms with Crippen LogP contribution < -0.4 is 10.8 Å². The second kappa shape index (κ2) is 10.3. The van der Waals surface area contributed by atoms with E-state index < -0.39 is 0 Å². The second-order valence-corrected chi connectivity index (χ2v) is 3.49. The van der Waals surface area contributed by atoms with Gasteiger partial charge in [-0.3, -0.25) is 0 Å². The maximum Gasteiger partial charge on any atom is 0.154 e. The molecule has 0 aliphatic rings. The first-order valence-corrected chi connectivity index (χ1v) is 6.30. The number of aromatic nitrogens is 1. The summed E-state index contributed by atoms with van der Waals surface area (Å²) in [5.74, 6) is 0. The molecule has 1 N–H and O–H groups in total. The molecule has 100 valence electrons. The van der Waals surface area contributed by atoms with Gasteiger partial charge in [-0.1, -0.05) is 26.0 Å². The number of nitrogens with zero attached hydrogens (tertiary/aromatic N) is 3. The van der Waals surface area contributed by atoms with Crippen LogP contribution in [0.15, 0.2) is 46.9 Å². The Hall–Kier alpha value is -1.84. The molecular formula is C14H24N4. The monoisotopic (exact) mass is 248 g/mol. The van der Waals surface area contributed by atoms with Gasteiger partial charge in [0.25, 0.3) is 0 Å². The van der Waals surface area contributed by atoms with E-state index in [0.717, 1.165) is 5.49 Å². The highest BCUT2D eigenvalue weighted by Crippen LogP contribution is 1.80. The molecule has 0 bridgehead atoms. The van der Waals surface area contributed by atoms with E-state index in [-0.39, 0.29) is 6.04 Å². The van der Waals surface area contributed by atoms with Gasteiger partial charge in [0.05, 0.1) is 6.04 Å². The average Bonchev–Trinajstić information content (AvgIpc) is 2.41. The molecule has 1 heterocycles. The van der Waals surface area contributed by atoms with Crippen LogP contribution in [0, 0.1) is 0 Å². The van der Waals surface area contributed by atoms with Crippen LogP contribution in [-0.2, 0) is 7.05 Å². The summed E-state index contributed by atoms with van der Waals surface area (Å²) in [6.45, 7) is 7.98. The zero-order chi connectivity index (χ0) is 13.8. The van der Waals surface area contributed by atoms with Gasteiger partial charge in [0.15, 0.2) is 5.49 Å². The largest absolute Gasteiger partial charge is 0.384 e. The summed E-state index contributed by atoms with van der Waals surface area (Å²) in [4.78, 5) is 0. The molecule has 4 heteroatoms. The fraction of sp³-hybridized carbons (Fsp3) is 0.429. The summed E-state index contributed by atoms with van der Waals surface area (Å²) in [7, 11) is 1.94. The molecule has 0 saturated carbocycles. The van der Waals surface area contributed by atoms with Gasteiger partial charge < -0.3 is 9.88 Å². The third-order valence-corrected chi connectivity index (χ3v) is 2.00. The maximum absolute atomic E-state index is 4.12. The minimum atomic E-state index is 0.175. The molecule has 0 aliphatic carbocycles. The Labute approximate surface area is 110 Å². The van der Waals surface area contributed by atoms with E-state index in [0.29, 0.717) is 0 Å². The molecule has 1 rings (SSSR count). The summed E-state index contributed by atoms with van der Waals surface area (Å²) in [5.41, 5.74) is 0.831. The molecule has 18 heavy (non-hydrogen) atoms. The number of rotatable bonds is 4. The van der Waals surface area contributed by atoms with Crippen molar-refractivity contribution in [3.05, 3.63) is 42.2 Å². The molecule has 1 atom stereocenters. The molecule has 0 amide bonds. The molecule has 0 aromatic carbocycles. The first-order chi connectivity index (χ1) is 8.74. The van der Waals surface area contributed by atoms with E-state index >= 15 is 0 Å². The third-order valence-electron chi connectivity index (χ3n) is 2.00. The highest BCUT2D eigenvalue weighted by atomic mass is 15.2. The van der Waals surface area contributed by atoms with Crippen molar-refractivity contribution in [3.8, 4) is 0 Å². The lowest BCUT2D eigenvalue weighted by molar-refractivity contribution is 0.798. The van der Waals surface area contributed by atoms with Crippen LogP contribution >= 0.6 is 0 Å². The summed E-state index contributed by atoms with van der Waals surface area (Å²) in [6, 6.07) is 5.99. The van der Waals surface area contributed by atoms with Crippen LogP contribution in [0.2, 0.25) is 0 Å². The molecule has 0 saturated heterocycles. The SMILES string of the molecule is C/C=C\NC(C)/C=N/N=c1/ccccn1C.CC. The van der Waals surface area contributed by atoms with E-state index in [2.05, 4.69) is 15.5 Å². The van der Waals surface area contributed by atoms with Gasteiger partial charge >= 0.3 is 0 Å². The summed E-state index contributed by atoms with van der Waals surface area (Å²) in [5, 5.41) is 11.3. The molecule has 0 fully saturated rings. The number of allylic oxidation sites excluding steroid dienone is 1. The molecule has 0 radical (unpaired) electrons. The van der Waals surface area contributed by atoms with E-state index in [1.165, 1.54) is 0 Å². The van der Waals surface area contributed by atoms with Crippen LogP contribution in [0.25, 0.3) is 0 Å². The molecule has 0 spiro atoms. The average molecular weight is 248 g/mol. The lowest BCUT2D eigenvalue weighted by atomic mass is 10.4. The third kappa shape index (κ3) is 6.68. The topological polar surface area (TPSA) is 41.7 Å². The van der Waals surface area contributed by atoms with Crippen molar-refractivity contribution in [1.82, 2.24) is 9.88 Å². The second-order valence-electron chi connectivity index (χ2n) is 3.49. The van der Waals surface area contributed by atoms with Crippen molar-refractivity contribution in [3.63, 3.8) is 0 Å². The molecule has 1 unspecified atom stereocenters. The van der Waals surface area contributed by atoms with Gasteiger partial charge in [-0.2, -0.15) is 5.10 Å². The number of nitrogens with one attached hydrogen (secondary N) is 1. The Morgan fingerprint density at radius 1 is 1.33 bits per heavy atom. The standard InChI is InChI=1S/C12H18N4.C2H6/c1-4-8-13-11(2)10-14-15-12-7-5-6-9-16(12)3;1-2/h4-11,13H,1-3H3;1-2H3/b8-4-,14-10+,15-12-;. The van der Waals surface area contributed by atoms with Gasteiger partial charge in [-0.15, -0.1) is 5.10 Å². The fourth-order valence-electron chi connectivity index (χ4n) is 1.10. The Kier molecular flexibility index (Phi) is 9.27. The maximum atomic E-state index is 4.12. The quantitative estimate of drug-likeness (QED) is 0.645. The van der Waals surface area contributed by atoms with Crippen LogP contribution in [0.4, 0.5) is 0 Å². The van der Waals surface area contributed by atoms with Gasteiger partial charge in [-0.25, -0.2) is 0 Å². The highest BCUT2D eigenvalue weighted by Gasteiger charge is 1.90. The first-order valence-electron chi connectivity index (χ1n) is 6.30. The zero-order valence-electron chi connectivity index (χ0n) is 12.0. The van der Waals surface area contributed by atoms with Gasteiger partial charge in [0, 0.05) is 19.5 Å². The minimum absolute atomic E-state index is 0.175. The van der Waals surface area contributed by atoms with Crippen molar-refractivity contribution in [1.29, 1.82) is 0 Å². The van der Waals surface area contributed by atoms with Crippen LogP contribution in [-0.4, -0.2) is 16.8 Å². The van der Waals surface area contributed by atoms with Crippen molar-refractivity contribution >= 4 is 6.21 Å². The summed E-state index contributed by atoms with van der Waals surface area (Å²) < 4.78 is 1.92. The van der Waals surface area contributed by atoms with E-state index in [1.54, 1.807) is 6.21 Å². The normalized spacial score (nSPS) is 13.5.